The van der Waals surface area contributed by atoms with Gasteiger partial charge in [-0.05, 0) is 68.0 Å². The van der Waals surface area contributed by atoms with Crippen LogP contribution in [0.25, 0.3) is 0 Å². The minimum atomic E-state index is -0.727. The SMILES string of the molecule is C/C=C(\C(C)=C1\COC(O)C1)C(O)CN1CCN(CCc2ccc3c(c2C)COC3=O)CC1.C=C.C=CC1=C(C(=C)C)COC1=C. The third kappa shape index (κ3) is 9.05. The number of esters is 1. The number of aliphatic hydroxyl groups is 2. The van der Waals surface area contributed by atoms with Crippen molar-refractivity contribution in [3.8, 4) is 0 Å². The van der Waals surface area contributed by atoms with E-state index in [9.17, 15) is 15.0 Å². The summed E-state index contributed by atoms with van der Waals surface area (Å²) in [5.74, 6) is 0.498. The first-order valence-corrected chi connectivity index (χ1v) is 15.9. The minimum absolute atomic E-state index is 0.209. The largest absolute Gasteiger partial charge is 0.489 e. The normalized spacial score (nSPS) is 21.8. The lowest BCUT2D eigenvalue weighted by Gasteiger charge is -2.36. The van der Waals surface area contributed by atoms with Gasteiger partial charge in [0, 0.05) is 62.4 Å². The molecule has 0 bridgehead atoms. The Morgan fingerprint density at radius 3 is 2.33 bits per heavy atom. The van der Waals surface area contributed by atoms with Gasteiger partial charge in [-0.25, -0.2) is 4.79 Å². The number of β-amino-alcohol motifs (C(OH)–C–C–N with tert-alkyl or cyclic N) is 1. The molecule has 8 heteroatoms. The zero-order valence-electron chi connectivity index (χ0n) is 28.2. The molecule has 250 valence electrons. The van der Waals surface area contributed by atoms with Gasteiger partial charge < -0.3 is 29.3 Å². The smallest absolute Gasteiger partial charge is 0.338 e. The highest BCUT2D eigenvalue weighted by Crippen LogP contribution is 2.29. The zero-order chi connectivity index (χ0) is 34.0. The van der Waals surface area contributed by atoms with E-state index in [1.54, 1.807) is 6.08 Å². The highest BCUT2D eigenvalue weighted by atomic mass is 16.6. The van der Waals surface area contributed by atoms with E-state index in [0.717, 1.165) is 78.1 Å². The Morgan fingerprint density at radius 1 is 1.09 bits per heavy atom. The number of cyclic esters (lactones) is 1. The van der Waals surface area contributed by atoms with E-state index in [1.807, 2.05) is 32.9 Å². The second-order valence-corrected chi connectivity index (χ2v) is 11.9. The Bertz CT molecular complexity index is 1400. The molecule has 0 radical (unpaired) electrons. The molecule has 2 N–H and O–H groups in total. The molecule has 4 aliphatic heterocycles. The van der Waals surface area contributed by atoms with Crippen LogP contribution in [0.5, 0.6) is 0 Å². The molecule has 0 aromatic heterocycles. The Hall–Kier alpha value is -3.53. The Labute approximate surface area is 275 Å². The first-order chi connectivity index (χ1) is 22.0. The number of rotatable bonds is 9. The van der Waals surface area contributed by atoms with Gasteiger partial charge in [0.05, 0.1) is 18.3 Å². The summed E-state index contributed by atoms with van der Waals surface area (Å²) in [6.45, 7) is 32.1. The summed E-state index contributed by atoms with van der Waals surface area (Å²) in [6, 6.07) is 3.97. The molecule has 4 heterocycles. The van der Waals surface area contributed by atoms with Gasteiger partial charge in [-0.3, -0.25) is 4.90 Å². The van der Waals surface area contributed by atoms with Crippen LogP contribution in [0, 0.1) is 6.92 Å². The molecule has 0 amide bonds. The predicted molar refractivity (Wildman–Crippen MR) is 184 cm³/mol. The number of hydrogen-bond acceptors (Lipinski definition) is 8. The number of hydrogen-bond donors (Lipinski definition) is 2. The highest BCUT2D eigenvalue weighted by molar-refractivity contribution is 5.93. The van der Waals surface area contributed by atoms with Crippen LogP contribution in [0.2, 0.25) is 0 Å². The van der Waals surface area contributed by atoms with Gasteiger partial charge in [0.1, 0.15) is 19.0 Å². The summed E-state index contributed by atoms with van der Waals surface area (Å²) in [6.07, 6.45) is 3.94. The number of benzene rings is 1. The maximum absolute atomic E-state index is 11.7. The Kier molecular flexibility index (Phi) is 14.0. The van der Waals surface area contributed by atoms with Crippen LogP contribution in [-0.2, 0) is 27.2 Å². The molecule has 5 rings (SSSR count). The third-order valence-corrected chi connectivity index (χ3v) is 9.11. The van der Waals surface area contributed by atoms with Crippen molar-refractivity contribution in [1.29, 1.82) is 0 Å². The van der Waals surface area contributed by atoms with Crippen molar-refractivity contribution in [2.45, 2.75) is 59.5 Å². The molecular weight excluding hydrogens is 580 g/mol. The van der Waals surface area contributed by atoms with E-state index in [2.05, 4.69) is 55.7 Å². The molecule has 2 unspecified atom stereocenters. The molecule has 0 saturated carbocycles. The maximum Gasteiger partial charge on any atom is 0.338 e. The molecule has 0 aliphatic carbocycles. The molecule has 2 saturated heterocycles. The molecule has 4 aliphatic rings. The molecule has 46 heavy (non-hydrogen) atoms. The summed E-state index contributed by atoms with van der Waals surface area (Å²) in [5, 5.41) is 20.5. The van der Waals surface area contributed by atoms with E-state index in [4.69, 9.17) is 14.2 Å². The lowest BCUT2D eigenvalue weighted by atomic mass is 9.95. The fraction of sp³-hybridized carbons (Fsp3) is 0.447. The van der Waals surface area contributed by atoms with Gasteiger partial charge in [0.25, 0.3) is 0 Å². The number of piperazine rings is 1. The van der Waals surface area contributed by atoms with Gasteiger partial charge in [0.2, 0.25) is 0 Å². The van der Waals surface area contributed by atoms with Crippen LogP contribution in [0.15, 0.2) is 96.4 Å². The maximum atomic E-state index is 11.7. The average Bonchev–Trinajstić information content (AvgIpc) is 3.77. The Balaban J connectivity index is 0.000000373. The predicted octanol–water partition coefficient (Wildman–Crippen LogP) is 5.58. The van der Waals surface area contributed by atoms with Gasteiger partial charge in [0.15, 0.2) is 6.29 Å². The fourth-order valence-electron chi connectivity index (χ4n) is 6.21. The fourth-order valence-corrected chi connectivity index (χ4v) is 6.21. The van der Waals surface area contributed by atoms with Crippen LogP contribution >= 0.6 is 0 Å². The average molecular weight is 633 g/mol. The summed E-state index contributed by atoms with van der Waals surface area (Å²) < 4.78 is 15.7. The summed E-state index contributed by atoms with van der Waals surface area (Å²) in [5.41, 5.74) is 10.4. The molecule has 8 nitrogen and oxygen atoms in total. The standard InChI is InChI=1S/C26H36N2O5.C10H12O.C2H4/c1-4-21(18(3)20-13-25(30)32-15-20)24(29)14-28-11-9-27(10-12-28)8-7-19-5-6-22-23(17(19)2)16-33-26(22)31;1-5-9-8(4)11-6-10(9)7(2)3;1-2/h4-6,24-25,29-30H,7-16H2,1-3H3;5H,1-2,4,6H2,3H3;1-2H2/b20-18+,21-4+;;. The van der Waals surface area contributed by atoms with Crippen molar-refractivity contribution in [2.24, 2.45) is 0 Å². The van der Waals surface area contributed by atoms with E-state index < -0.39 is 12.4 Å². The first-order valence-electron chi connectivity index (χ1n) is 15.9. The van der Waals surface area contributed by atoms with Gasteiger partial charge in [-0.2, -0.15) is 0 Å². The van der Waals surface area contributed by atoms with Gasteiger partial charge in [-0.15, -0.1) is 13.2 Å². The molecule has 1 aromatic carbocycles. The lowest BCUT2D eigenvalue weighted by molar-refractivity contribution is -0.0587. The second-order valence-electron chi connectivity index (χ2n) is 11.9. The third-order valence-electron chi connectivity index (χ3n) is 9.11. The number of carbonyl (C=O) groups excluding carboxylic acids is 1. The second kappa shape index (κ2) is 17.4. The molecule has 2 atom stereocenters. The molecule has 2 fully saturated rings. The Morgan fingerprint density at radius 2 is 1.76 bits per heavy atom. The lowest BCUT2D eigenvalue weighted by Crippen LogP contribution is -2.49. The summed E-state index contributed by atoms with van der Waals surface area (Å²) in [4.78, 5) is 16.5. The van der Waals surface area contributed by atoms with Gasteiger partial charge in [-0.1, -0.05) is 43.5 Å². The van der Waals surface area contributed by atoms with Crippen molar-refractivity contribution in [3.63, 3.8) is 0 Å². The summed E-state index contributed by atoms with van der Waals surface area (Å²) >= 11 is 0. The summed E-state index contributed by atoms with van der Waals surface area (Å²) in [7, 11) is 0. The van der Waals surface area contributed by atoms with Crippen molar-refractivity contribution in [2.75, 3.05) is 52.5 Å². The number of nitrogens with zero attached hydrogens (tertiary/aromatic N) is 2. The van der Waals surface area contributed by atoms with Crippen LogP contribution in [0.1, 0.15) is 54.2 Å². The number of allylic oxidation sites excluding steroid dienone is 2. The van der Waals surface area contributed by atoms with E-state index in [0.29, 0.717) is 44.1 Å². The van der Waals surface area contributed by atoms with Crippen LogP contribution in [0.4, 0.5) is 0 Å². The van der Waals surface area contributed by atoms with E-state index in [-0.39, 0.29) is 5.97 Å². The van der Waals surface area contributed by atoms with Crippen LogP contribution < -0.4 is 0 Å². The van der Waals surface area contributed by atoms with Crippen molar-refractivity contribution in [3.05, 3.63) is 119 Å². The molecule has 0 spiro atoms. The molecular formula is C38H52N2O6. The number of carbonyl (C=O) groups is 1. The minimum Gasteiger partial charge on any atom is -0.489 e. The molecule has 1 aromatic rings. The van der Waals surface area contributed by atoms with Gasteiger partial charge >= 0.3 is 5.97 Å². The highest BCUT2D eigenvalue weighted by Gasteiger charge is 2.26. The number of ether oxygens (including phenoxy) is 3. The number of aliphatic hydroxyl groups excluding tert-OH is 2. The van der Waals surface area contributed by atoms with E-state index in [1.165, 1.54) is 11.1 Å². The van der Waals surface area contributed by atoms with Crippen molar-refractivity contribution >= 4 is 5.97 Å². The van der Waals surface area contributed by atoms with Crippen LogP contribution in [-0.4, -0.2) is 90.9 Å². The van der Waals surface area contributed by atoms with Crippen molar-refractivity contribution in [1.82, 2.24) is 9.80 Å². The van der Waals surface area contributed by atoms with Crippen molar-refractivity contribution < 1.29 is 29.2 Å². The van der Waals surface area contributed by atoms with E-state index >= 15 is 0 Å². The quantitative estimate of drug-likeness (QED) is 0.270. The van der Waals surface area contributed by atoms with Crippen LogP contribution in [0.3, 0.4) is 0 Å². The zero-order valence-corrected chi connectivity index (χ0v) is 28.2. The topological polar surface area (TPSA) is 91.7 Å². The number of fused-ring (bicyclic) bond motifs is 1. The monoisotopic (exact) mass is 632 g/mol. The first kappa shape index (κ1) is 36.9.